The highest BCUT2D eigenvalue weighted by molar-refractivity contribution is 6.30. The number of aromatic nitrogens is 2. The fourth-order valence-electron chi connectivity index (χ4n) is 2.24. The van der Waals surface area contributed by atoms with Crippen molar-refractivity contribution in [3.05, 3.63) is 17.4 Å². The van der Waals surface area contributed by atoms with Crippen LogP contribution in [0.25, 0.3) is 0 Å². The van der Waals surface area contributed by atoms with Crippen LogP contribution in [0.5, 0.6) is 0 Å². The largest absolute Gasteiger partial charge is 0.314 e. The third-order valence-corrected chi connectivity index (χ3v) is 3.73. The van der Waals surface area contributed by atoms with Gasteiger partial charge in [0.25, 0.3) is 0 Å². The quantitative estimate of drug-likeness (QED) is 0.852. The first-order chi connectivity index (χ1) is 7.33. The Hall–Kier alpha value is -0.540. The molecule has 0 saturated heterocycles. The molecule has 1 heterocycles. The topological polar surface area (TPSA) is 29.9 Å². The fourth-order valence-corrected chi connectivity index (χ4v) is 2.38. The minimum atomic E-state index is 0.573. The first-order valence-electron chi connectivity index (χ1n) is 5.76. The summed E-state index contributed by atoms with van der Waals surface area (Å²) in [5.74, 6) is 0.751. The van der Waals surface area contributed by atoms with Gasteiger partial charge >= 0.3 is 0 Å². The van der Waals surface area contributed by atoms with Crippen molar-refractivity contribution < 1.29 is 0 Å². The lowest BCUT2D eigenvalue weighted by Gasteiger charge is -2.36. The van der Waals surface area contributed by atoms with Crippen LogP contribution in [0.3, 0.4) is 0 Å². The van der Waals surface area contributed by atoms with Crippen LogP contribution in [0.2, 0.25) is 5.02 Å². The molecule has 3 rings (SSSR count). The van der Waals surface area contributed by atoms with Crippen molar-refractivity contribution in [2.75, 3.05) is 6.54 Å². The third-order valence-electron chi connectivity index (χ3n) is 3.53. The van der Waals surface area contributed by atoms with E-state index in [1.54, 1.807) is 6.20 Å². The SMILES string of the molecule is Clc1cnn(C2CCC2CNC2CC2)c1. The van der Waals surface area contributed by atoms with Gasteiger partial charge in [0.1, 0.15) is 0 Å². The van der Waals surface area contributed by atoms with Gasteiger partial charge in [-0.25, -0.2) is 0 Å². The Morgan fingerprint density at radius 3 is 2.80 bits per heavy atom. The summed E-state index contributed by atoms with van der Waals surface area (Å²) in [6.07, 6.45) is 8.97. The van der Waals surface area contributed by atoms with Crippen LogP contribution in [0, 0.1) is 5.92 Å². The van der Waals surface area contributed by atoms with E-state index < -0.39 is 0 Å². The van der Waals surface area contributed by atoms with Crippen molar-refractivity contribution in [2.45, 2.75) is 37.8 Å². The molecule has 1 aromatic rings. The van der Waals surface area contributed by atoms with Crippen LogP contribution < -0.4 is 5.32 Å². The van der Waals surface area contributed by atoms with Gasteiger partial charge in [-0.3, -0.25) is 4.68 Å². The summed E-state index contributed by atoms with van der Waals surface area (Å²) in [5, 5.41) is 8.62. The number of nitrogens with zero attached hydrogens (tertiary/aromatic N) is 2. The Kier molecular flexibility index (Phi) is 2.45. The Bertz CT molecular complexity index is 345. The molecule has 0 aromatic carbocycles. The Morgan fingerprint density at radius 1 is 1.40 bits per heavy atom. The van der Waals surface area contributed by atoms with Crippen LogP contribution in [0.4, 0.5) is 0 Å². The second-order valence-corrected chi connectivity index (χ2v) is 5.16. The van der Waals surface area contributed by atoms with Crippen LogP contribution in [-0.4, -0.2) is 22.4 Å². The zero-order chi connectivity index (χ0) is 10.3. The zero-order valence-electron chi connectivity index (χ0n) is 8.69. The molecule has 15 heavy (non-hydrogen) atoms. The first kappa shape index (κ1) is 9.67. The lowest BCUT2D eigenvalue weighted by Crippen LogP contribution is -2.37. The van der Waals surface area contributed by atoms with Crippen LogP contribution in [0.15, 0.2) is 12.4 Å². The molecule has 2 atom stereocenters. The molecule has 2 fully saturated rings. The lowest BCUT2D eigenvalue weighted by molar-refractivity contribution is 0.162. The predicted molar refractivity (Wildman–Crippen MR) is 60.0 cm³/mol. The summed E-state index contributed by atoms with van der Waals surface area (Å²) in [7, 11) is 0. The van der Waals surface area contributed by atoms with E-state index >= 15 is 0 Å². The van der Waals surface area contributed by atoms with Crippen LogP contribution in [-0.2, 0) is 0 Å². The second kappa shape index (κ2) is 3.80. The lowest BCUT2D eigenvalue weighted by atomic mass is 9.79. The molecule has 82 valence electrons. The molecule has 2 saturated carbocycles. The molecule has 0 aliphatic heterocycles. The normalized spacial score (nSPS) is 30.2. The number of hydrogen-bond acceptors (Lipinski definition) is 2. The molecule has 3 nitrogen and oxygen atoms in total. The summed E-state index contributed by atoms with van der Waals surface area (Å²) < 4.78 is 2.03. The highest BCUT2D eigenvalue weighted by Gasteiger charge is 2.34. The molecular weight excluding hydrogens is 210 g/mol. The number of nitrogens with one attached hydrogen (secondary N) is 1. The van der Waals surface area contributed by atoms with E-state index in [1.807, 2.05) is 10.9 Å². The maximum absolute atomic E-state index is 5.87. The predicted octanol–water partition coefficient (Wildman–Crippen LogP) is 2.24. The molecule has 1 aromatic heterocycles. The van der Waals surface area contributed by atoms with Crippen molar-refractivity contribution in [1.82, 2.24) is 15.1 Å². The summed E-state index contributed by atoms with van der Waals surface area (Å²) in [4.78, 5) is 0. The van der Waals surface area contributed by atoms with Gasteiger partial charge in [-0.2, -0.15) is 5.10 Å². The van der Waals surface area contributed by atoms with Crippen LogP contribution >= 0.6 is 11.6 Å². The van der Waals surface area contributed by atoms with E-state index in [0.29, 0.717) is 6.04 Å². The van der Waals surface area contributed by atoms with E-state index in [9.17, 15) is 0 Å². The molecule has 2 aliphatic carbocycles. The van der Waals surface area contributed by atoms with Gasteiger partial charge in [-0.15, -0.1) is 0 Å². The Morgan fingerprint density at radius 2 is 2.27 bits per heavy atom. The second-order valence-electron chi connectivity index (χ2n) is 4.73. The van der Waals surface area contributed by atoms with Gasteiger partial charge in [0.05, 0.1) is 17.3 Å². The van der Waals surface area contributed by atoms with Gasteiger partial charge in [0.2, 0.25) is 0 Å². The zero-order valence-corrected chi connectivity index (χ0v) is 9.45. The molecule has 1 N–H and O–H groups in total. The molecule has 0 spiro atoms. The maximum Gasteiger partial charge on any atom is 0.0785 e. The van der Waals surface area contributed by atoms with E-state index in [4.69, 9.17) is 11.6 Å². The number of halogens is 1. The Balaban J connectivity index is 1.57. The molecule has 0 radical (unpaired) electrons. The van der Waals surface area contributed by atoms with Crippen LogP contribution in [0.1, 0.15) is 31.7 Å². The van der Waals surface area contributed by atoms with Gasteiger partial charge in [0.15, 0.2) is 0 Å². The molecule has 2 unspecified atom stereocenters. The monoisotopic (exact) mass is 225 g/mol. The molecular formula is C11H16ClN3. The average Bonchev–Trinajstić information content (AvgIpc) is 2.89. The highest BCUT2D eigenvalue weighted by atomic mass is 35.5. The molecule has 0 bridgehead atoms. The molecule has 4 heteroatoms. The minimum Gasteiger partial charge on any atom is -0.314 e. The van der Waals surface area contributed by atoms with E-state index in [1.165, 1.54) is 25.7 Å². The summed E-state index contributed by atoms with van der Waals surface area (Å²) in [5.41, 5.74) is 0. The molecule has 0 amide bonds. The molecule has 2 aliphatic rings. The summed E-state index contributed by atoms with van der Waals surface area (Å²) >= 11 is 5.87. The standard InChI is InChI=1S/C11H16ClN3/c12-9-6-14-15(7-9)11-4-1-8(11)5-13-10-2-3-10/h6-8,10-11,13H,1-5H2. The average molecular weight is 226 g/mol. The van der Waals surface area contributed by atoms with Gasteiger partial charge in [-0.1, -0.05) is 11.6 Å². The van der Waals surface area contributed by atoms with Crippen molar-refractivity contribution in [1.29, 1.82) is 0 Å². The van der Waals surface area contributed by atoms with Gasteiger partial charge < -0.3 is 5.32 Å². The summed E-state index contributed by atoms with van der Waals surface area (Å²) in [6, 6.07) is 1.39. The van der Waals surface area contributed by atoms with Gasteiger partial charge in [0, 0.05) is 18.8 Å². The number of rotatable bonds is 4. The van der Waals surface area contributed by atoms with E-state index in [-0.39, 0.29) is 0 Å². The van der Waals surface area contributed by atoms with E-state index in [0.717, 1.165) is 23.5 Å². The van der Waals surface area contributed by atoms with Crippen molar-refractivity contribution in [3.63, 3.8) is 0 Å². The smallest absolute Gasteiger partial charge is 0.0785 e. The minimum absolute atomic E-state index is 0.573. The number of hydrogen-bond donors (Lipinski definition) is 1. The summed E-state index contributed by atoms with van der Waals surface area (Å²) in [6.45, 7) is 1.15. The van der Waals surface area contributed by atoms with Crippen molar-refractivity contribution in [3.8, 4) is 0 Å². The van der Waals surface area contributed by atoms with E-state index in [2.05, 4.69) is 10.4 Å². The van der Waals surface area contributed by atoms with Crippen molar-refractivity contribution in [2.24, 2.45) is 5.92 Å². The van der Waals surface area contributed by atoms with Crippen molar-refractivity contribution >= 4 is 11.6 Å². The van der Waals surface area contributed by atoms with Gasteiger partial charge in [-0.05, 0) is 31.6 Å². The highest BCUT2D eigenvalue weighted by Crippen LogP contribution is 2.38. The Labute approximate surface area is 94.8 Å². The first-order valence-corrected chi connectivity index (χ1v) is 6.14. The maximum atomic E-state index is 5.87. The third kappa shape index (κ3) is 2.04. The fraction of sp³-hybridized carbons (Fsp3) is 0.727.